The van der Waals surface area contributed by atoms with Crippen LogP contribution in [-0.2, 0) is 47.5 Å². The van der Waals surface area contributed by atoms with Crippen molar-refractivity contribution in [2.75, 3.05) is 34.9 Å². The molecule has 0 radical (unpaired) electrons. The van der Waals surface area contributed by atoms with E-state index in [1.807, 2.05) is 13.8 Å². The summed E-state index contributed by atoms with van der Waals surface area (Å²) in [5.41, 5.74) is 2.08. The standard InChI is InChI=1S/C44H71NO10/c1-11-18-45(7)36-16-17-39(51-26(36)5)55-37-15-13-14-28(12-2)53-38(46)23-34-31-19-24(3)30-20-29(21-32(30)33(31)22-35(34)40(47)25(37)4)54-44-43(50-10)42(49-9)41(48-8)27(6)52-44/h19,22,25-34,36-37,39,41-44H,11-18,20-21,23H2,1-10H3/t25-,26?,27?,28+,29-,30+,31-,32-,33-,34+,36+,37+,39?,41+,42?,43?,44+/m1/s1. The Labute approximate surface area is 330 Å². The van der Waals surface area contributed by atoms with Gasteiger partial charge >= 0.3 is 5.97 Å². The van der Waals surface area contributed by atoms with Gasteiger partial charge in [-0.2, -0.15) is 0 Å². The number of ether oxygens (including phenoxy) is 8. The van der Waals surface area contributed by atoms with Gasteiger partial charge < -0.3 is 42.8 Å². The first-order valence-electron chi connectivity index (χ1n) is 21.5. The summed E-state index contributed by atoms with van der Waals surface area (Å²) in [7, 11) is 7.17. The number of hydrogen-bond acceptors (Lipinski definition) is 11. The molecule has 6 aliphatic rings. The number of Topliss-reactive ketones (excluding diaryl/α,β-unsaturated/α-hetero) is 1. The molecule has 3 aliphatic carbocycles. The van der Waals surface area contributed by atoms with Crippen molar-refractivity contribution in [1.29, 1.82) is 0 Å². The third kappa shape index (κ3) is 9.14. The predicted molar refractivity (Wildman–Crippen MR) is 208 cm³/mol. The van der Waals surface area contributed by atoms with E-state index in [-0.39, 0.29) is 96.8 Å². The molecule has 0 N–H and O–H groups in total. The van der Waals surface area contributed by atoms with Gasteiger partial charge in [0.05, 0.1) is 30.8 Å². The van der Waals surface area contributed by atoms with E-state index in [0.29, 0.717) is 18.4 Å². The number of methoxy groups -OCH3 is 3. The van der Waals surface area contributed by atoms with E-state index in [9.17, 15) is 9.59 Å². The maximum atomic E-state index is 14.8. The fraction of sp³-hybridized carbons (Fsp3) is 0.864. The molecule has 17 atom stereocenters. The van der Waals surface area contributed by atoms with Gasteiger partial charge in [-0.15, -0.1) is 0 Å². The van der Waals surface area contributed by atoms with Crippen LogP contribution in [0.25, 0.3) is 0 Å². The Morgan fingerprint density at radius 1 is 0.818 bits per heavy atom. The lowest BCUT2D eigenvalue weighted by Crippen LogP contribution is -2.59. The number of hydrogen-bond donors (Lipinski definition) is 0. The third-order valence-corrected chi connectivity index (χ3v) is 14.1. The lowest BCUT2D eigenvalue weighted by atomic mass is 9.67. The highest BCUT2D eigenvalue weighted by Gasteiger charge is 2.53. The van der Waals surface area contributed by atoms with Crippen LogP contribution in [0, 0.1) is 35.5 Å². The summed E-state index contributed by atoms with van der Waals surface area (Å²) >= 11 is 0. The molecule has 0 spiro atoms. The first-order valence-corrected chi connectivity index (χ1v) is 21.5. The maximum absolute atomic E-state index is 14.8. The summed E-state index contributed by atoms with van der Waals surface area (Å²) in [5, 5.41) is 0. The molecule has 0 bridgehead atoms. The quantitative estimate of drug-likeness (QED) is 0.166. The van der Waals surface area contributed by atoms with E-state index in [0.717, 1.165) is 63.5 Å². The maximum Gasteiger partial charge on any atom is 0.306 e. The monoisotopic (exact) mass is 774 g/mol. The highest BCUT2D eigenvalue weighted by atomic mass is 16.7. The number of rotatable bonds is 11. The van der Waals surface area contributed by atoms with Crippen LogP contribution in [0.2, 0.25) is 0 Å². The molecule has 0 aromatic heterocycles. The Morgan fingerprint density at radius 3 is 2.24 bits per heavy atom. The summed E-state index contributed by atoms with van der Waals surface area (Å²) in [4.78, 5) is 30.8. The number of ketones is 1. The van der Waals surface area contributed by atoms with Gasteiger partial charge in [-0.05, 0) is 121 Å². The summed E-state index contributed by atoms with van der Waals surface area (Å²) in [6.45, 7) is 13.7. The minimum absolute atomic E-state index is 0.0404. The zero-order valence-electron chi connectivity index (χ0n) is 35.3. The summed E-state index contributed by atoms with van der Waals surface area (Å²) in [6.07, 6.45) is 9.73. The molecule has 6 rings (SSSR count). The van der Waals surface area contributed by atoms with E-state index >= 15 is 0 Å². The molecule has 0 aromatic carbocycles. The van der Waals surface area contributed by atoms with Crippen LogP contribution in [0.1, 0.15) is 106 Å². The summed E-state index contributed by atoms with van der Waals surface area (Å²) in [6, 6.07) is 0.356. The van der Waals surface area contributed by atoms with Crippen molar-refractivity contribution in [3.63, 3.8) is 0 Å². The molecule has 312 valence electrons. The second-order valence-electron chi connectivity index (χ2n) is 17.5. The molecular weight excluding hydrogens is 702 g/mol. The van der Waals surface area contributed by atoms with Gasteiger partial charge in [0, 0.05) is 39.2 Å². The normalized spacial score (nSPS) is 44.1. The van der Waals surface area contributed by atoms with Crippen LogP contribution in [0.15, 0.2) is 23.3 Å². The number of cyclic esters (lactones) is 1. The van der Waals surface area contributed by atoms with Crippen LogP contribution in [-0.4, -0.2) is 119 Å². The molecule has 4 fully saturated rings. The number of likely N-dealkylation sites (N-methyl/N-ethyl adjacent to an activating group) is 1. The van der Waals surface area contributed by atoms with E-state index in [1.165, 1.54) is 5.57 Å². The third-order valence-electron chi connectivity index (χ3n) is 14.1. The zero-order valence-corrected chi connectivity index (χ0v) is 35.3. The Hall–Kier alpha value is -1.70. The number of esters is 1. The number of allylic oxidation sites excluding steroid dienone is 4. The molecule has 55 heavy (non-hydrogen) atoms. The molecule has 3 heterocycles. The number of nitrogens with zero attached hydrogens (tertiary/aromatic N) is 1. The van der Waals surface area contributed by atoms with Crippen molar-refractivity contribution in [1.82, 2.24) is 4.90 Å². The molecule has 0 amide bonds. The van der Waals surface area contributed by atoms with Gasteiger partial charge in [-0.25, -0.2) is 0 Å². The Kier molecular flexibility index (Phi) is 14.8. The molecule has 11 nitrogen and oxygen atoms in total. The lowest BCUT2D eigenvalue weighted by molar-refractivity contribution is -0.314. The number of fused-ring (bicyclic) bond motifs is 5. The fourth-order valence-electron chi connectivity index (χ4n) is 11.2. The Balaban J connectivity index is 1.22. The van der Waals surface area contributed by atoms with Crippen molar-refractivity contribution in [3.8, 4) is 0 Å². The molecule has 11 heteroatoms. The van der Waals surface area contributed by atoms with Crippen LogP contribution in [0.3, 0.4) is 0 Å². The topological polar surface area (TPSA) is 111 Å². The van der Waals surface area contributed by atoms with Crippen LogP contribution >= 0.6 is 0 Å². The minimum atomic E-state index is -0.599. The molecule has 3 saturated heterocycles. The number of carbonyl (C=O) groups is 2. The van der Waals surface area contributed by atoms with Crippen molar-refractivity contribution in [2.24, 2.45) is 35.5 Å². The summed E-state index contributed by atoms with van der Waals surface area (Å²) < 4.78 is 50.0. The molecular formula is C44H71NO10. The van der Waals surface area contributed by atoms with Crippen LogP contribution < -0.4 is 0 Å². The van der Waals surface area contributed by atoms with Crippen molar-refractivity contribution in [2.45, 2.75) is 173 Å². The summed E-state index contributed by atoms with van der Waals surface area (Å²) in [5.74, 6) is 0.0104. The van der Waals surface area contributed by atoms with E-state index in [2.05, 4.69) is 51.8 Å². The highest BCUT2D eigenvalue weighted by molar-refractivity contribution is 5.99. The molecule has 1 saturated carbocycles. The SMILES string of the molecule is CCCN(C)[C@H]1CCC(O[C@H]2CCC[C@H](CC)OC(=O)C[C@@H]3C(=C[C@@H]4[C@H]3C=C(C)[C@@H]3C[C@@H](O[C@@H]5OC(C)[C@H](OC)C(OC)C5OC)C[C@@H]43)C(=O)[C@@H]2C)OC1C. The highest BCUT2D eigenvalue weighted by Crippen LogP contribution is 2.56. The van der Waals surface area contributed by atoms with Gasteiger partial charge in [0.1, 0.15) is 24.4 Å². The average Bonchev–Trinajstić information content (AvgIpc) is 3.74. The minimum Gasteiger partial charge on any atom is -0.462 e. The second-order valence-corrected chi connectivity index (χ2v) is 17.5. The van der Waals surface area contributed by atoms with Gasteiger partial charge in [0.25, 0.3) is 0 Å². The van der Waals surface area contributed by atoms with E-state index < -0.39 is 12.4 Å². The first-order chi connectivity index (χ1) is 26.4. The first kappa shape index (κ1) is 42.9. The van der Waals surface area contributed by atoms with Crippen molar-refractivity contribution in [3.05, 3.63) is 23.3 Å². The molecule has 0 aromatic rings. The van der Waals surface area contributed by atoms with Crippen molar-refractivity contribution >= 4 is 11.8 Å². The van der Waals surface area contributed by atoms with Gasteiger partial charge in [-0.3, -0.25) is 9.59 Å². The average molecular weight is 774 g/mol. The molecule has 3 aliphatic heterocycles. The van der Waals surface area contributed by atoms with Crippen molar-refractivity contribution < 1.29 is 47.5 Å². The smallest absolute Gasteiger partial charge is 0.306 e. The van der Waals surface area contributed by atoms with Gasteiger partial charge in [-0.1, -0.05) is 38.5 Å². The fourth-order valence-corrected chi connectivity index (χ4v) is 11.2. The Morgan fingerprint density at radius 2 is 1.56 bits per heavy atom. The van der Waals surface area contributed by atoms with E-state index in [4.69, 9.17) is 37.9 Å². The van der Waals surface area contributed by atoms with E-state index in [1.54, 1.807) is 21.3 Å². The lowest BCUT2D eigenvalue weighted by Gasteiger charge is -2.44. The zero-order chi connectivity index (χ0) is 39.6. The predicted octanol–water partition coefficient (Wildman–Crippen LogP) is 6.66. The number of carbonyl (C=O) groups excluding carboxylic acids is 2. The Bertz CT molecular complexity index is 1370. The largest absolute Gasteiger partial charge is 0.462 e. The van der Waals surface area contributed by atoms with Gasteiger partial charge in [0.2, 0.25) is 0 Å². The van der Waals surface area contributed by atoms with Crippen LogP contribution in [0.4, 0.5) is 0 Å². The molecule has 5 unspecified atom stereocenters. The second kappa shape index (κ2) is 18.9. The van der Waals surface area contributed by atoms with Crippen LogP contribution in [0.5, 0.6) is 0 Å². The van der Waals surface area contributed by atoms with Gasteiger partial charge in [0.15, 0.2) is 18.4 Å².